The summed E-state index contributed by atoms with van der Waals surface area (Å²) in [6.07, 6.45) is 1.65. The summed E-state index contributed by atoms with van der Waals surface area (Å²) in [5.74, 6) is -3.19. The Morgan fingerprint density at radius 3 is 2.88 bits per heavy atom. The van der Waals surface area contributed by atoms with Gasteiger partial charge >= 0.3 is 13.6 Å². The van der Waals surface area contributed by atoms with Gasteiger partial charge in [-0.3, -0.25) is 9.13 Å². The van der Waals surface area contributed by atoms with Crippen LogP contribution in [0.4, 0.5) is 5.82 Å². The Bertz CT molecular complexity index is 881. The number of rotatable bonds is 6. The van der Waals surface area contributed by atoms with Crippen LogP contribution >= 0.6 is 7.60 Å². The Hall–Kier alpha value is -2.11. The van der Waals surface area contributed by atoms with E-state index in [1.807, 2.05) is 0 Å². The van der Waals surface area contributed by atoms with Gasteiger partial charge in [-0.2, -0.15) is 0 Å². The highest BCUT2D eigenvalue weighted by atomic mass is 31.2. The number of fused-ring (bicyclic) bond motifs is 1. The van der Waals surface area contributed by atoms with Gasteiger partial charge in [0.25, 0.3) is 5.85 Å². The highest BCUT2D eigenvalue weighted by Gasteiger charge is 2.38. The Labute approximate surface area is 147 Å². The molecule has 26 heavy (non-hydrogen) atoms. The van der Waals surface area contributed by atoms with E-state index in [0.717, 1.165) is 0 Å². The summed E-state index contributed by atoms with van der Waals surface area (Å²) in [6, 6.07) is 0. The number of anilines is 1. The fraction of sp³-hybridized carbons (Fsp3) is 0.538. The van der Waals surface area contributed by atoms with Crippen LogP contribution in [-0.4, -0.2) is 58.9 Å². The molecule has 0 aliphatic carbocycles. The zero-order chi connectivity index (χ0) is 19.1. The third kappa shape index (κ3) is 3.69. The second-order valence-electron chi connectivity index (χ2n) is 5.88. The average Bonchev–Trinajstić information content (AvgIpc) is 3.12. The molecule has 3 atom stereocenters. The van der Waals surface area contributed by atoms with E-state index in [1.54, 1.807) is 11.5 Å². The van der Waals surface area contributed by atoms with E-state index in [0.29, 0.717) is 29.8 Å². The molecule has 0 aromatic carbocycles. The molecule has 2 aromatic rings. The van der Waals surface area contributed by atoms with E-state index in [4.69, 9.17) is 30.1 Å². The molecule has 3 unspecified atom stereocenters. The highest BCUT2D eigenvalue weighted by Crippen LogP contribution is 2.42. The van der Waals surface area contributed by atoms with Crippen LogP contribution in [0.25, 0.3) is 11.2 Å². The summed E-state index contributed by atoms with van der Waals surface area (Å²) in [7, 11) is -4.92. The lowest BCUT2D eigenvalue weighted by Crippen LogP contribution is -2.28. The number of carboxylic acids is 1. The van der Waals surface area contributed by atoms with Gasteiger partial charge in [-0.15, -0.1) is 0 Å². The van der Waals surface area contributed by atoms with E-state index in [9.17, 15) is 9.36 Å². The number of hydrogen-bond donors (Lipinski definition) is 4. The first-order valence-electron chi connectivity index (χ1n) is 7.68. The zero-order valence-corrected chi connectivity index (χ0v) is 14.6. The second kappa shape index (κ2) is 6.89. The summed E-state index contributed by atoms with van der Waals surface area (Å²) < 4.78 is 23.5. The second-order valence-corrected chi connectivity index (χ2v) is 7.53. The fourth-order valence-electron chi connectivity index (χ4n) is 2.79. The number of aryl methyl sites for hydroxylation is 1. The van der Waals surface area contributed by atoms with Gasteiger partial charge in [0, 0.05) is 0 Å². The molecule has 0 radical (unpaired) electrons. The number of aliphatic carboxylic acids is 1. The summed E-state index contributed by atoms with van der Waals surface area (Å²) >= 11 is 0. The van der Waals surface area contributed by atoms with Crippen molar-refractivity contribution in [1.29, 1.82) is 0 Å². The molecule has 1 aliphatic rings. The minimum Gasteiger partial charge on any atom is -0.479 e. The molecular formula is C13H18N5O7P. The standard InChI is InChI=1S/C13H18N5O7P/c1-6-16-10(14)9-11(17-6)18(5-15-9)8-3-2-7(25-8)4-24-13(12(19)20)26(21,22)23/h5,7-8,13H,2-4H2,1H3,(H,19,20)(H2,14,16,17)(H2,21,22,23). The molecule has 0 amide bonds. The minimum atomic E-state index is -4.92. The lowest BCUT2D eigenvalue weighted by Gasteiger charge is -2.18. The van der Waals surface area contributed by atoms with Gasteiger partial charge in [-0.25, -0.2) is 19.7 Å². The Morgan fingerprint density at radius 2 is 2.23 bits per heavy atom. The number of nitrogens with two attached hydrogens (primary N) is 1. The molecule has 1 aliphatic heterocycles. The summed E-state index contributed by atoms with van der Waals surface area (Å²) in [4.78, 5) is 41.5. The van der Waals surface area contributed by atoms with Crippen LogP contribution in [0.3, 0.4) is 0 Å². The van der Waals surface area contributed by atoms with Gasteiger partial charge in [0.05, 0.1) is 19.0 Å². The van der Waals surface area contributed by atoms with Crippen molar-refractivity contribution in [2.24, 2.45) is 0 Å². The molecule has 1 saturated heterocycles. The first kappa shape index (κ1) is 18.7. The van der Waals surface area contributed by atoms with Gasteiger partial charge in [0.1, 0.15) is 17.6 Å². The van der Waals surface area contributed by atoms with Crippen molar-refractivity contribution in [3.8, 4) is 0 Å². The SMILES string of the molecule is Cc1nc(N)c2ncn(C3CCC(COC(C(=O)O)P(=O)(O)O)O3)c2n1. The normalized spacial score (nSPS) is 22.0. The maximum atomic E-state index is 11.1. The predicted octanol–water partition coefficient (Wildman–Crippen LogP) is -0.000480. The van der Waals surface area contributed by atoms with E-state index < -0.39 is 31.7 Å². The van der Waals surface area contributed by atoms with Gasteiger partial charge in [-0.1, -0.05) is 0 Å². The van der Waals surface area contributed by atoms with Crippen molar-refractivity contribution in [3.05, 3.63) is 12.2 Å². The van der Waals surface area contributed by atoms with Crippen molar-refractivity contribution in [2.75, 3.05) is 12.3 Å². The molecule has 2 aromatic heterocycles. The number of carbonyl (C=O) groups is 1. The number of aromatic nitrogens is 4. The molecule has 13 heteroatoms. The van der Waals surface area contributed by atoms with Crippen molar-refractivity contribution in [3.63, 3.8) is 0 Å². The molecule has 0 spiro atoms. The molecule has 3 rings (SSSR count). The molecule has 5 N–H and O–H groups in total. The Morgan fingerprint density at radius 1 is 1.50 bits per heavy atom. The van der Waals surface area contributed by atoms with Crippen LogP contribution in [0.1, 0.15) is 24.9 Å². The largest absolute Gasteiger partial charge is 0.479 e. The Balaban J connectivity index is 1.70. The average molecular weight is 387 g/mol. The van der Waals surface area contributed by atoms with Gasteiger partial charge in [-0.05, 0) is 19.8 Å². The molecule has 142 valence electrons. The van der Waals surface area contributed by atoms with Crippen molar-refractivity contribution in [2.45, 2.75) is 37.9 Å². The maximum absolute atomic E-state index is 11.1. The monoisotopic (exact) mass is 387 g/mol. The van der Waals surface area contributed by atoms with Gasteiger partial charge in [0.2, 0.25) is 0 Å². The predicted molar refractivity (Wildman–Crippen MR) is 87.0 cm³/mol. The maximum Gasteiger partial charge on any atom is 0.365 e. The van der Waals surface area contributed by atoms with Crippen LogP contribution in [-0.2, 0) is 18.8 Å². The smallest absolute Gasteiger partial charge is 0.365 e. The van der Waals surface area contributed by atoms with Crippen LogP contribution in [0, 0.1) is 6.92 Å². The summed E-state index contributed by atoms with van der Waals surface area (Å²) in [5.41, 5.74) is 6.79. The van der Waals surface area contributed by atoms with Crippen LogP contribution < -0.4 is 5.73 Å². The number of imidazole rings is 1. The lowest BCUT2D eigenvalue weighted by atomic mass is 10.2. The number of nitrogens with zero attached hydrogens (tertiary/aromatic N) is 4. The highest BCUT2D eigenvalue weighted by molar-refractivity contribution is 7.53. The van der Waals surface area contributed by atoms with Crippen molar-refractivity contribution < 1.29 is 33.7 Å². The number of ether oxygens (including phenoxy) is 2. The Kier molecular flexibility index (Phi) is 4.95. The molecule has 0 saturated carbocycles. The fourth-order valence-corrected chi connectivity index (χ4v) is 3.35. The van der Waals surface area contributed by atoms with Gasteiger partial charge < -0.3 is 30.1 Å². The number of nitrogen functional groups attached to an aromatic ring is 1. The first-order valence-corrected chi connectivity index (χ1v) is 9.36. The number of carboxylic acid groups (broad SMARTS) is 1. The molecule has 0 bridgehead atoms. The topological polar surface area (TPSA) is 183 Å². The van der Waals surface area contributed by atoms with Crippen molar-refractivity contribution in [1.82, 2.24) is 19.5 Å². The minimum absolute atomic E-state index is 0.259. The summed E-state index contributed by atoms with van der Waals surface area (Å²) in [5, 5.41) is 8.86. The van der Waals surface area contributed by atoms with E-state index in [-0.39, 0.29) is 12.4 Å². The van der Waals surface area contributed by atoms with Crippen LogP contribution in [0.15, 0.2) is 6.33 Å². The van der Waals surface area contributed by atoms with E-state index >= 15 is 0 Å². The third-order valence-electron chi connectivity index (χ3n) is 3.91. The summed E-state index contributed by atoms with van der Waals surface area (Å²) in [6.45, 7) is 1.44. The van der Waals surface area contributed by atoms with Crippen molar-refractivity contribution >= 4 is 30.5 Å². The van der Waals surface area contributed by atoms with Gasteiger partial charge in [0.15, 0.2) is 11.5 Å². The quantitative estimate of drug-likeness (QED) is 0.489. The van der Waals surface area contributed by atoms with Crippen LogP contribution in [0.2, 0.25) is 0 Å². The third-order valence-corrected chi connectivity index (χ3v) is 4.89. The molecule has 3 heterocycles. The zero-order valence-electron chi connectivity index (χ0n) is 13.7. The lowest BCUT2D eigenvalue weighted by molar-refractivity contribution is -0.148. The molecular weight excluding hydrogens is 369 g/mol. The van der Waals surface area contributed by atoms with Crippen LogP contribution in [0.5, 0.6) is 0 Å². The van der Waals surface area contributed by atoms with E-state index in [2.05, 4.69) is 15.0 Å². The first-order chi connectivity index (χ1) is 12.2. The molecule has 1 fully saturated rings. The number of hydrogen-bond acceptors (Lipinski definition) is 8. The van der Waals surface area contributed by atoms with E-state index in [1.165, 1.54) is 6.33 Å². The molecule has 12 nitrogen and oxygen atoms in total.